The molecule has 2 atom stereocenters. The molecule has 0 spiro atoms. The number of hydrogen-bond donors (Lipinski definition) is 2. The first-order chi connectivity index (χ1) is 10.3. The fourth-order valence-electron chi connectivity index (χ4n) is 2.87. The summed E-state index contributed by atoms with van der Waals surface area (Å²) >= 11 is 1.90. The van der Waals surface area contributed by atoms with E-state index in [4.69, 9.17) is 10.6 Å². The van der Waals surface area contributed by atoms with Gasteiger partial charge in [-0.25, -0.2) is 0 Å². The van der Waals surface area contributed by atoms with Crippen LogP contribution in [-0.2, 0) is 0 Å². The Bertz CT molecular complexity index is 617. The topological polar surface area (TPSA) is 47.3 Å². The van der Waals surface area contributed by atoms with Crippen LogP contribution in [0.15, 0.2) is 53.4 Å². The molecule has 2 aromatic rings. The van der Waals surface area contributed by atoms with Gasteiger partial charge in [0.2, 0.25) is 0 Å². The molecule has 1 aliphatic rings. The van der Waals surface area contributed by atoms with Crippen molar-refractivity contribution in [3.05, 3.63) is 59.7 Å². The first kappa shape index (κ1) is 14.4. The van der Waals surface area contributed by atoms with Crippen LogP contribution in [0.3, 0.4) is 0 Å². The first-order valence-electron chi connectivity index (χ1n) is 7.24. The van der Waals surface area contributed by atoms with Crippen molar-refractivity contribution in [3.63, 3.8) is 0 Å². The third-order valence-electron chi connectivity index (χ3n) is 3.85. The number of fused-ring (bicyclic) bond motifs is 1. The predicted molar refractivity (Wildman–Crippen MR) is 87.6 cm³/mol. The molecule has 2 aromatic carbocycles. The maximum Gasteiger partial charge on any atom is 0.119 e. The van der Waals surface area contributed by atoms with Crippen molar-refractivity contribution in [1.29, 1.82) is 0 Å². The van der Waals surface area contributed by atoms with Gasteiger partial charge in [0.05, 0.1) is 12.6 Å². The second kappa shape index (κ2) is 6.52. The van der Waals surface area contributed by atoms with Crippen molar-refractivity contribution in [2.24, 2.45) is 5.84 Å². The Morgan fingerprint density at radius 1 is 1.29 bits per heavy atom. The maximum atomic E-state index is 5.87. The van der Waals surface area contributed by atoms with Crippen LogP contribution < -0.4 is 16.0 Å². The molecule has 0 amide bonds. The van der Waals surface area contributed by atoms with Crippen molar-refractivity contribution in [1.82, 2.24) is 5.43 Å². The summed E-state index contributed by atoms with van der Waals surface area (Å²) in [5, 5.41) is 0. The van der Waals surface area contributed by atoms with Gasteiger partial charge in [0.1, 0.15) is 5.75 Å². The van der Waals surface area contributed by atoms with E-state index < -0.39 is 0 Å². The molecule has 3 rings (SSSR count). The minimum absolute atomic E-state index is 0.0987. The standard InChI is InChI=1S/C17H20N2OS/c1-2-20-13-7-5-6-12(10-13)17(19-18)15-11-21-16-9-4-3-8-14(15)16/h3-10,15,17,19H,2,11,18H2,1H3. The zero-order valence-electron chi connectivity index (χ0n) is 12.1. The van der Waals surface area contributed by atoms with E-state index in [1.54, 1.807) is 0 Å². The monoisotopic (exact) mass is 300 g/mol. The fraction of sp³-hybridized carbons (Fsp3) is 0.294. The van der Waals surface area contributed by atoms with Gasteiger partial charge in [0.15, 0.2) is 0 Å². The molecule has 3 nitrogen and oxygen atoms in total. The molecule has 1 heterocycles. The lowest BCUT2D eigenvalue weighted by Gasteiger charge is -2.24. The number of hydrogen-bond acceptors (Lipinski definition) is 4. The summed E-state index contributed by atoms with van der Waals surface area (Å²) in [7, 11) is 0. The third-order valence-corrected chi connectivity index (χ3v) is 5.06. The van der Waals surface area contributed by atoms with Gasteiger partial charge in [-0.15, -0.1) is 11.8 Å². The van der Waals surface area contributed by atoms with E-state index >= 15 is 0 Å². The predicted octanol–water partition coefficient (Wildman–Crippen LogP) is 3.48. The molecule has 4 heteroatoms. The number of thioether (sulfide) groups is 1. The zero-order valence-corrected chi connectivity index (χ0v) is 12.9. The second-order valence-corrected chi connectivity index (χ2v) is 6.17. The highest BCUT2D eigenvalue weighted by Gasteiger charge is 2.30. The van der Waals surface area contributed by atoms with Crippen LogP contribution in [0, 0.1) is 0 Å². The van der Waals surface area contributed by atoms with Crippen LogP contribution in [0.1, 0.15) is 30.0 Å². The molecule has 0 aromatic heterocycles. The average Bonchev–Trinajstić information content (AvgIpc) is 2.93. The van der Waals surface area contributed by atoms with E-state index in [2.05, 4.69) is 41.8 Å². The molecule has 2 unspecified atom stereocenters. The minimum atomic E-state index is 0.0987. The molecule has 21 heavy (non-hydrogen) atoms. The van der Waals surface area contributed by atoms with E-state index in [0.717, 1.165) is 11.5 Å². The minimum Gasteiger partial charge on any atom is -0.494 e. The number of rotatable bonds is 5. The lowest BCUT2D eigenvalue weighted by Crippen LogP contribution is -2.32. The van der Waals surface area contributed by atoms with Crippen LogP contribution in [0.2, 0.25) is 0 Å². The van der Waals surface area contributed by atoms with Crippen LogP contribution in [-0.4, -0.2) is 12.4 Å². The number of ether oxygens (including phenoxy) is 1. The number of nitrogens with two attached hydrogens (primary N) is 1. The largest absolute Gasteiger partial charge is 0.494 e. The molecule has 0 bridgehead atoms. The summed E-state index contributed by atoms with van der Waals surface area (Å²) < 4.78 is 5.60. The summed E-state index contributed by atoms with van der Waals surface area (Å²) in [6.07, 6.45) is 0. The molecular formula is C17H20N2OS. The van der Waals surface area contributed by atoms with Gasteiger partial charge in [-0.3, -0.25) is 11.3 Å². The highest BCUT2D eigenvalue weighted by atomic mass is 32.2. The van der Waals surface area contributed by atoms with Crippen molar-refractivity contribution < 1.29 is 4.74 Å². The fourth-order valence-corrected chi connectivity index (χ4v) is 4.16. The van der Waals surface area contributed by atoms with E-state index in [1.165, 1.54) is 16.0 Å². The van der Waals surface area contributed by atoms with Gasteiger partial charge in [-0.05, 0) is 36.2 Å². The van der Waals surface area contributed by atoms with Gasteiger partial charge in [-0.1, -0.05) is 30.3 Å². The molecular weight excluding hydrogens is 280 g/mol. The van der Waals surface area contributed by atoms with Gasteiger partial charge in [0.25, 0.3) is 0 Å². The molecule has 1 aliphatic heterocycles. The smallest absolute Gasteiger partial charge is 0.119 e. The highest BCUT2D eigenvalue weighted by Crippen LogP contribution is 2.45. The lowest BCUT2D eigenvalue weighted by molar-refractivity contribution is 0.339. The number of benzene rings is 2. The summed E-state index contributed by atoms with van der Waals surface area (Å²) in [5.74, 6) is 8.19. The van der Waals surface area contributed by atoms with Gasteiger partial charge < -0.3 is 4.74 Å². The van der Waals surface area contributed by atoms with E-state index in [-0.39, 0.29) is 6.04 Å². The second-order valence-electron chi connectivity index (χ2n) is 5.11. The Morgan fingerprint density at radius 2 is 2.14 bits per heavy atom. The number of nitrogens with one attached hydrogen (secondary N) is 1. The summed E-state index contributed by atoms with van der Waals surface area (Å²) in [5.41, 5.74) is 5.56. The SMILES string of the molecule is CCOc1cccc(C(NN)C2CSc3ccccc32)c1. The Morgan fingerprint density at radius 3 is 2.95 bits per heavy atom. The van der Waals surface area contributed by atoms with E-state index in [9.17, 15) is 0 Å². The Labute approximate surface area is 129 Å². The average molecular weight is 300 g/mol. The van der Waals surface area contributed by atoms with Crippen molar-refractivity contribution in [3.8, 4) is 5.75 Å². The first-order valence-corrected chi connectivity index (χ1v) is 8.22. The Balaban J connectivity index is 1.91. The van der Waals surface area contributed by atoms with Crippen molar-refractivity contribution in [2.75, 3.05) is 12.4 Å². The van der Waals surface area contributed by atoms with Gasteiger partial charge >= 0.3 is 0 Å². The van der Waals surface area contributed by atoms with Crippen LogP contribution in [0.25, 0.3) is 0 Å². The van der Waals surface area contributed by atoms with Crippen LogP contribution in [0.5, 0.6) is 5.75 Å². The highest BCUT2D eigenvalue weighted by molar-refractivity contribution is 7.99. The summed E-state index contributed by atoms with van der Waals surface area (Å²) in [6.45, 7) is 2.67. The normalized spacial score (nSPS) is 18.3. The third kappa shape index (κ3) is 2.93. The maximum absolute atomic E-state index is 5.87. The molecule has 0 fully saturated rings. The molecule has 0 radical (unpaired) electrons. The Hall–Kier alpha value is -1.49. The molecule has 0 aliphatic carbocycles. The van der Waals surface area contributed by atoms with Crippen molar-refractivity contribution in [2.45, 2.75) is 23.8 Å². The van der Waals surface area contributed by atoms with E-state index in [0.29, 0.717) is 12.5 Å². The number of hydrazine groups is 1. The Kier molecular flexibility index (Phi) is 4.48. The van der Waals surface area contributed by atoms with Gasteiger partial charge in [0, 0.05) is 16.6 Å². The quantitative estimate of drug-likeness (QED) is 0.655. The zero-order chi connectivity index (χ0) is 14.7. The van der Waals surface area contributed by atoms with Crippen molar-refractivity contribution >= 4 is 11.8 Å². The van der Waals surface area contributed by atoms with Crippen LogP contribution >= 0.6 is 11.8 Å². The molecule has 110 valence electrons. The molecule has 0 saturated heterocycles. The van der Waals surface area contributed by atoms with E-state index in [1.807, 2.05) is 30.8 Å². The van der Waals surface area contributed by atoms with Crippen LogP contribution in [0.4, 0.5) is 0 Å². The summed E-state index contributed by atoms with van der Waals surface area (Å²) in [4.78, 5) is 1.36. The molecule has 3 N–H and O–H groups in total. The van der Waals surface area contributed by atoms with Gasteiger partial charge in [-0.2, -0.15) is 0 Å². The molecule has 0 saturated carbocycles. The lowest BCUT2D eigenvalue weighted by atomic mass is 9.89. The summed E-state index contributed by atoms with van der Waals surface area (Å²) in [6, 6.07) is 16.9.